The molecule has 0 saturated heterocycles. The SMILES string of the molecule is CCC[C@H](NC(=O)c1cncc2c1cnn2-c1ccc(F)cc1)c1cncc(S(=O)(=O)CCC(=O)OC)c1. The zero-order valence-electron chi connectivity index (χ0n) is 20.8. The number of nitrogens with zero attached hydrogens (tertiary/aromatic N) is 4. The van der Waals surface area contributed by atoms with Gasteiger partial charge in [0.15, 0.2) is 9.84 Å². The van der Waals surface area contributed by atoms with Crippen molar-refractivity contribution in [2.45, 2.75) is 37.1 Å². The van der Waals surface area contributed by atoms with E-state index in [4.69, 9.17) is 0 Å². The second kappa shape index (κ2) is 11.5. The highest BCUT2D eigenvalue weighted by atomic mass is 32.2. The first kappa shape index (κ1) is 26.9. The zero-order chi connectivity index (χ0) is 27.3. The zero-order valence-corrected chi connectivity index (χ0v) is 21.6. The molecule has 1 aromatic carbocycles. The summed E-state index contributed by atoms with van der Waals surface area (Å²) in [7, 11) is -2.60. The van der Waals surface area contributed by atoms with Crippen molar-refractivity contribution in [2.24, 2.45) is 0 Å². The predicted octanol–water partition coefficient (Wildman–Crippen LogP) is 3.56. The molecule has 1 N–H and O–H groups in total. The molecule has 198 valence electrons. The molecule has 3 heterocycles. The molecule has 3 aromatic heterocycles. The summed E-state index contributed by atoms with van der Waals surface area (Å²) in [4.78, 5) is 33.0. The molecule has 0 radical (unpaired) electrons. The number of sulfone groups is 1. The molecule has 0 fully saturated rings. The Morgan fingerprint density at radius 3 is 2.53 bits per heavy atom. The molecule has 12 heteroatoms. The summed E-state index contributed by atoms with van der Waals surface area (Å²) in [6.45, 7) is 1.94. The summed E-state index contributed by atoms with van der Waals surface area (Å²) in [6, 6.07) is 6.72. The fourth-order valence-corrected chi connectivity index (χ4v) is 5.20. The van der Waals surface area contributed by atoms with Gasteiger partial charge in [-0.2, -0.15) is 5.10 Å². The van der Waals surface area contributed by atoms with Gasteiger partial charge in [-0.1, -0.05) is 13.3 Å². The van der Waals surface area contributed by atoms with Gasteiger partial charge in [0.2, 0.25) is 0 Å². The second-order valence-corrected chi connectivity index (χ2v) is 10.7. The van der Waals surface area contributed by atoms with Gasteiger partial charge in [-0.05, 0) is 42.3 Å². The molecule has 0 aliphatic carbocycles. The fraction of sp³-hybridized carbons (Fsp3) is 0.269. The second-order valence-electron chi connectivity index (χ2n) is 8.57. The van der Waals surface area contributed by atoms with E-state index < -0.39 is 33.5 Å². The molecule has 0 aliphatic heterocycles. The Morgan fingerprint density at radius 1 is 1.08 bits per heavy atom. The maximum Gasteiger partial charge on any atom is 0.306 e. The number of methoxy groups -OCH3 is 1. The highest BCUT2D eigenvalue weighted by Gasteiger charge is 2.22. The van der Waals surface area contributed by atoms with E-state index in [1.54, 1.807) is 29.2 Å². The van der Waals surface area contributed by atoms with Crippen LogP contribution in [0.5, 0.6) is 0 Å². The van der Waals surface area contributed by atoms with Gasteiger partial charge < -0.3 is 10.1 Å². The van der Waals surface area contributed by atoms with Gasteiger partial charge in [-0.25, -0.2) is 17.5 Å². The van der Waals surface area contributed by atoms with E-state index in [-0.39, 0.29) is 22.7 Å². The summed E-state index contributed by atoms with van der Waals surface area (Å²) < 4.78 is 44.9. The molecule has 0 saturated carbocycles. The van der Waals surface area contributed by atoms with Crippen LogP contribution in [0.1, 0.15) is 48.1 Å². The number of rotatable bonds is 10. The number of carbonyl (C=O) groups excluding carboxylic acids is 2. The van der Waals surface area contributed by atoms with E-state index in [0.717, 1.165) is 0 Å². The maximum absolute atomic E-state index is 13.4. The van der Waals surface area contributed by atoms with Gasteiger partial charge in [-0.15, -0.1) is 0 Å². The van der Waals surface area contributed by atoms with Gasteiger partial charge in [0.05, 0.1) is 59.4 Å². The highest BCUT2D eigenvalue weighted by Crippen LogP contribution is 2.25. The summed E-state index contributed by atoms with van der Waals surface area (Å²) in [6.07, 6.45) is 8.22. The molecule has 1 amide bonds. The average molecular weight is 540 g/mol. The number of fused-ring (bicyclic) bond motifs is 1. The third-order valence-corrected chi connectivity index (χ3v) is 7.68. The van der Waals surface area contributed by atoms with Crippen molar-refractivity contribution in [2.75, 3.05) is 12.9 Å². The van der Waals surface area contributed by atoms with Crippen LogP contribution < -0.4 is 5.32 Å². The minimum atomic E-state index is -3.79. The minimum absolute atomic E-state index is 0.0430. The number of ether oxygens (including phenoxy) is 1. The molecule has 1 atom stereocenters. The van der Waals surface area contributed by atoms with Crippen molar-refractivity contribution < 1.29 is 27.1 Å². The van der Waals surface area contributed by atoms with E-state index >= 15 is 0 Å². The van der Waals surface area contributed by atoms with Crippen molar-refractivity contribution in [3.63, 3.8) is 0 Å². The maximum atomic E-state index is 13.4. The first-order valence-corrected chi connectivity index (χ1v) is 13.5. The lowest BCUT2D eigenvalue weighted by atomic mass is 10.0. The fourth-order valence-electron chi connectivity index (χ4n) is 3.99. The van der Waals surface area contributed by atoms with Crippen molar-refractivity contribution in [1.29, 1.82) is 0 Å². The van der Waals surface area contributed by atoms with Gasteiger partial charge in [-0.3, -0.25) is 19.6 Å². The molecule has 10 nitrogen and oxygen atoms in total. The van der Waals surface area contributed by atoms with E-state index in [9.17, 15) is 22.4 Å². The molecule has 0 bridgehead atoms. The van der Waals surface area contributed by atoms with Crippen LogP contribution >= 0.6 is 0 Å². The van der Waals surface area contributed by atoms with Crippen LogP contribution in [0.2, 0.25) is 0 Å². The molecule has 0 spiro atoms. The normalized spacial score (nSPS) is 12.3. The topological polar surface area (TPSA) is 133 Å². The summed E-state index contributed by atoms with van der Waals surface area (Å²) in [5, 5.41) is 7.86. The number of aromatic nitrogens is 4. The van der Waals surface area contributed by atoms with Crippen molar-refractivity contribution in [1.82, 2.24) is 25.1 Å². The van der Waals surface area contributed by atoms with Crippen LogP contribution in [-0.4, -0.2) is 52.9 Å². The van der Waals surface area contributed by atoms with Crippen molar-refractivity contribution in [3.05, 3.63) is 78.3 Å². The van der Waals surface area contributed by atoms with Gasteiger partial charge in [0, 0.05) is 24.0 Å². The number of hydrogen-bond acceptors (Lipinski definition) is 8. The molecule has 0 aliphatic rings. The number of esters is 1. The van der Waals surface area contributed by atoms with Crippen molar-refractivity contribution >= 4 is 32.6 Å². The van der Waals surface area contributed by atoms with E-state index in [1.165, 1.54) is 43.9 Å². The molecular formula is C26H26FN5O5S. The first-order valence-electron chi connectivity index (χ1n) is 11.9. The van der Waals surface area contributed by atoms with Crippen LogP contribution in [0.3, 0.4) is 0 Å². The van der Waals surface area contributed by atoms with Crippen LogP contribution in [0.4, 0.5) is 4.39 Å². The molecular weight excluding hydrogens is 513 g/mol. The summed E-state index contributed by atoms with van der Waals surface area (Å²) in [5.41, 5.74) is 1.98. The number of amides is 1. The lowest BCUT2D eigenvalue weighted by Crippen LogP contribution is -2.29. The highest BCUT2D eigenvalue weighted by molar-refractivity contribution is 7.91. The van der Waals surface area contributed by atoms with Gasteiger partial charge >= 0.3 is 5.97 Å². The average Bonchev–Trinajstić information content (AvgIpc) is 3.36. The Morgan fingerprint density at radius 2 is 1.82 bits per heavy atom. The minimum Gasteiger partial charge on any atom is -0.469 e. The van der Waals surface area contributed by atoms with E-state index in [0.29, 0.717) is 35.0 Å². The van der Waals surface area contributed by atoms with Crippen LogP contribution in [0.25, 0.3) is 16.6 Å². The smallest absolute Gasteiger partial charge is 0.306 e. The third-order valence-electron chi connectivity index (χ3n) is 5.99. The van der Waals surface area contributed by atoms with Crippen molar-refractivity contribution in [3.8, 4) is 5.69 Å². The first-order chi connectivity index (χ1) is 18.2. The number of carbonyl (C=O) groups is 2. The van der Waals surface area contributed by atoms with Crippen LogP contribution in [-0.2, 0) is 19.4 Å². The third kappa shape index (κ3) is 5.86. The molecule has 4 aromatic rings. The number of nitrogens with one attached hydrogen (secondary N) is 1. The van der Waals surface area contributed by atoms with Gasteiger partial charge in [0.25, 0.3) is 5.91 Å². The van der Waals surface area contributed by atoms with E-state index in [1.807, 2.05) is 6.92 Å². The van der Waals surface area contributed by atoms with E-state index in [2.05, 4.69) is 25.1 Å². The summed E-state index contributed by atoms with van der Waals surface area (Å²) in [5.74, 6) is -1.83. The molecule has 4 rings (SSSR count). The Balaban J connectivity index is 1.60. The Bertz CT molecular complexity index is 1570. The number of halogens is 1. The molecule has 0 unspecified atom stereocenters. The van der Waals surface area contributed by atoms with Gasteiger partial charge in [0.1, 0.15) is 5.82 Å². The Kier molecular flexibility index (Phi) is 8.10. The molecule has 38 heavy (non-hydrogen) atoms. The quantitative estimate of drug-likeness (QED) is 0.303. The standard InChI is InChI=1S/C26H26FN5O5S/c1-3-4-23(17-11-20(13-28-12-17)38(35,36)10-9-25(33)37-2)31-26(34)22-14-29-16-24-21(22)15-30-32(24)19-7-5-18(27)6-8-19/h5-8,11-16,23H,3-4,9-10H2,1-2H3,(H,31,34)/t23-/m0/s1. The largest absolute Gasteiger partial charge is 0.469 e. The van der Waals surface area contributed by atoms with Crippen LogP contribution in [0.15, 0.2) is 66.2 Å². The number of pyridine rings is 2. The predicted molar refractivity (Wildman–Crippen MR) is 137 cm³/mol. The number of benzene rings is 1. The van der Waals surface area contributed by atoms with Crippen LogP contribution in [0, 0.1) is 5.82 Å². The lowest BCUT2D eigenvalue weighted by Gasteiger charge is -2.19. The number of hydrogen-bond donors (Lipinski definition) is 1. The Labute approximate surface area is 218 Å². The summed E-state index contributed by atoms with van der Waals surface area (Å²) >= 11 is 0. The Hall–Kier alpha value is -4.19. The monoisotopic (exact) mass is 539 g/mol. The lowest BCUT2D eigenvalue weighted by molar-refractivity contribution is -0.140.